The number of carbonyl (C=O) groups is 1. The van der Waals surface area contributed by atoms with Crippen LogP contribution in [-0.2, 0) is 6.54 Å². The van der Waals surface area contributed by atoms with Gasteiger partial charge in [-0.3, -0.25) is 4.79 Å². The molecule has 0 atom stereocenters. The summed E-state index contributed by atoms with van der Waals surface area (Å²) >= 11 is 5.90. The number of amides is 1. The maximum Gasteiger partial charge on any atom is 0.268 e. The predicted octanol–water partition coefficient (Wildman–Crippen LogP) is 2.05. The Labute approximate surface area is 107 Å². The molecule has 0 unspecified atom stereocenters. The Balaban J connectivity index is 2.88. The number of aromatic nitrogens is 1. The van der Waals surface area contributed by atoms with Crippen molar-refractivity contribution >= 4 is 17.5 Å². The van der Waals surface area contributed by atoms with Crippen molar-refractivity contribution in [2.24, 2.45) is 0 Å². The molecule has 2 N–H and O–H groups in total. The summed E-state index contributed by atoms with van der Waals surface area (Å²) in [5, 5.41) is 12.4. The predicted molar refractivity (Wildman–Crippen MR) is 68.4 cm³/mol. The summed E-state index contributed by atoms with van der Waals surface area (Å²) in [7, 11) is 0. The number of aliphatic hydroxyl groups is 1. The van der Waals surface area contributed by atoms with Crippen LogP contribution in [0.1, 0.15) is 37.7 Å². The van der Waals surface area contributed by atoms with Crippen LogP contribution in [0.4, 0.5) is 0 Å². The molecule has 5 heteroatoms. The molecule has 0 saturated carbocycles. The van der Waals surface area contributed by atoms with Crippen LogP contribution in [0.2, 0.25) is 5.02 Å². The lowest BCUT2D eigenvalue weighted by Crippen LogP contribution is -2.46. The molecule has 0 fully saturated rings. The first-order chi connectivity index (χ1) is 7.89. The van der Waals surface area contributed by atoms with Crippen molar-refractivity contribution in [3.05, 3.63) is 23.0 Å². The van der Waals surface area contributed by atoms with E-state index in [1.54, 1.807) is 26.1 Å². The highest BCUT2D eigenvalue weighted by Gasteiger charge is 2.22. The molecule has 0 aliphatic heterocycles. The molecule has 0 aromatic carbocycles. The molecule has 0 spiro atoms. The van der Waals surface area contributed by atoms with Crippen LogP contribution in [0.3, 0.4) is 0 Å². The Hall–Kier alpha value is -1.00. The van der Waals surface area contributed by atoms with E-state index in [2.05, 4.69) is 5.32 Å². The number of aliphatic hydroxyl groups excluding tert-OH is 1. The minimum Gasteiger partial charge on any atom is -0.394 e. The number of aryl methyl sites for hydroxylation is 1. The van der Waals surface area contributed by atoms with E-state index >= 15 is 0 Å². The number of rotatable bonds is 5. The van der Waals surface area contributed by atoms with E-state index in [0.29, 0.717) is 10.7 Å². The first-order valence-electron chi connectivity index (χ1n) is 5.68. The molecule has 1 rings (SSSR count). The van der Waals surface area contributed by atoms with Gasteiger partial charge in [0.25, 0.3) is 5.91 Å². The second-order valence-corrected chi connectivity index (χ2v) is 5.17. The molecule has 0 radical (unpaired) electrons. The quantitative estimate of drug-likeness (QED) is 0.849. The van der Waals surface area contributed by atoms with Crippen LogP contribution in [-0.4, -0.2) is 27.7 Å². The third-order valence-electron chi connectivity index (χ3n) is 2.41. The van der Waals surface area contributed by atoms with Crippen molar-refractivity contribution in [2.45, 2.75) is 39.3 Å². The highest BCUT2D eigenvalue weighted by molar-refractivity contribution is 6.31. The largest absolute Gasteiger partial charge is 0.394 e. The normalized spacial score (nSPS) is 11.6. The van der Waals surface area contributed by atoms with Crippen LogP contribution in [0.5, 0.6) is 0 Å². The number of carbonyl (C=O) groups excluding carboxylic acids is 1. The van der Waals surface area contributed by atoms with Crippen LogP contribution < -0.4 is 5.32 Å². The van der Waals surface area contributed by atoms with Gasteiger partial charge in [0.05, 0.1) is 17.2 Å². The molecule has 17 heavy (non-hydrogen) atoms. The minimum atomic E-state index is -0.634. The molecular formula is C12H19ClN2O2. The molecule has 1 heterocycles. The van der Waals surface area contributed by atoms with Gasteiger partial charge in [-0.1, -0.05) is 18.5 Å². The Morgan fingerprint density at radius 3 is 2.76 bits per heavy atom. The van der Waals surface area contributed by atoms with Crippen molar-refractivity contribution < 1.29 is 9.90 Å². The van der Waals surface area contributed by atoms with Crippen molar-refractivity contribution in [3.8, 4) is 0 Å². The second-order valence-electron chi connectivity index (χ2n) is 4.73. The number of nitrogens with one attached hydrogen (secondary N) is 1. The van der Waals surface area contributed by atoms with E-state index in [0.717, 1.165) is 13.0 Å². The van der Waals surface area contributed by atoms with Gasteiger partial charge in [0.1, 0.15) is 5.69 Å². The maximum atomic E-state index is 12.0. The lowest BCUT2D eigenvalue weighted by molar-refractivity contribution is 0.0859. The van der Waals surface area contributed by atoms with Crippen LogP contribution in [0.25, 0.3) is 0 Å². The minimum absolute atomic E-state index is 0.110. The summed E-state index contributed by atoms with van der Waals surface area (Å²) < 4.78 is 1.82. The molecular weight excluding hydrogens is 240 g/mol. The molecule has 4 nitrogen and oxygen atoms in total. The smallest absolute Gasteiger partial charge is 0.268 e. The molecule has 0 bridgehead atoms. The second kappa shape index (κ2) is 5.56. The lowest BCUT2D eigenvalue weighted by Gasteiger charge is -2.23. The van der Waals surface area contributed by atoms with E-state index in [-0.39, 0.29) is 12.5 Å². The van der Waals surface area contributed by atoms with E-state index in [1.807, 2.05) is 11.5 Å². The lowest BCUT2D eigenvalue weighted by atomic mass is 10.1. The van der Waals surface area contributed by atoms with E-state index in [9.17, 15) is 4.79 Å². The summed E-state index contributed by atoms with van der Waals surface area (Å²) in [4.78, 5) is 12.0. The Morgan fingerprint density at radius 1 is 1.59 bits per heavy atom. The summed E-state index contributed by atoms with van der Waals surface area (Å²) in [6.45, 7) is 6.20. The van der Waals surface area contributed by atoms with Crippen molar-refractivity contribution in [1.29, 1.82) is 0 Å². The standard InChI is InChI=1S/C12H19ClN2O2/c1-4-5-15-7-9(13)6-10(15)11(17)14-12(2,3)8-16/h6-7,16H,4-5,8H2,1-3H3,(H,14,17). The van der Waals surface area contributed by atoms with Gasteiger partial charge in [-0.2, -0.15) is 0 Å². The van der Waals surface area contributed by atoms with Gasteiger partial charge >= 0.3 is 0 Å². The molecule has 0 aliphatic rings. The van der Waals surface area contributed by atoms with Gasteiger partial charge in [-0.25, -0.2) is 0 Å². The third kappa shape index (κ3) is 3.75. The zero-order chi connectivity index (χ0) is 13.1. The molecule has 0 aliphatic carbocycles. The summed E-state index contributed by atoms with van der Waals surface area (Å²) in [6.07, 6.45) is 2.67. The molecule has 0 saturated heterocycles. The fraction of sp³-hybridized carbons (Fsp3) is 0.583. The van der Waals surface area contributed by atoms with Crippen molar-refractivity contribution in [2.75, 3.05) is 6.61 Å². The van der Waals surface area contributed by atoms with E-state index < -0.39 is 5.54 Å². The first kappa shape index (κ1) is 14.1. The Kier molecular flexibility index (Phi) is 4.60. The fourth-order valence-corrected chi connectivity index (χ4v) is 1.72. The third-order valence-corrected chi connectivity index (χ3v) is 2.61. The zero-order valence-electron chi connectivity index (χ0n) is 10.5. The van der Waals surface area contributed by atoms with Gasteiger partial charge in [0, 0.05) is 12.7 Å². The molecule has 96 valence electrons. The Bertz CT molecular complexity index is 399. The van der Waals surface area contributed by atoms with E-state index in [4.69, 9.17) is 16.7 Å². The maximum absolute atomic E-state index is 12.0. The topological polar surface area (TPSA) is 54.3 Å². The highest BCUT2D eigenvalue weighted by Crippen LogP contribution is 2.15. The van der Waals surface area contributed by atoms with Gasteiger partial charge in [-0.15, -0.1) is 0 Å². The zero-order valence-corrected chi connectivity index (χ0v) is 11.2. The average molecular weight is 259 g/mol. The summed E-state index contributed by atoms with van der Waals surface area (Å²) in [5.41, 5.74) is -0.108. The molecule has 1 amide bonds. The average Bonchev–Trinajstić information content (AvgIpc) is 2.60. The van der Waals surface area contributed by atoms with Crippen LogP contribution in [0, 0.1) is 0 Å². The molecule has 1 aromatic rings. The monoisotopic (exact) mass is 258 g/mol. The summed E-state index contributed by atoms with van der Waals surface area (Å²) in [6, 6.07) is 1.64. The number of hydrogen-bond donors (Lipinski definition) is 2. The van der Waals surface area contributed by atoms with Crippen molar-refractivity contribution in [1.82, 2.24) is 9.88 Å². The van der Waals surface area contributed by atoms with Gasteiger partial charge in [0.15, 0.2) is 0 Å². The van der Waals surface area contributed by atoms with Gasteiger partial charge < -0.3 is 15.0 Å². The van der Waals surface area contributed by atoms with Gasteiger partial charge in [0.2, 0.25) is 0 Å². The fourth-order valence-electron chi connectivity index (χ4n) is 1.50. The SMILES string of the molecule is CCCn1cc(Cl)cc1C(=O)NC(C)(C)CO. The number of halogens is 1. The summed E-state index contributed by atoms with van der Waals surface area (Å²) in [5.74, 6) is -0.218. The van der Waals surface area contributed by atoms with Crippen LogP contribution >= 0.6 is 11.6 Å². The molecule has 1 aromatic heterocycles. The van der Waals surface area contributed by atoms with Gasteiger partial charge in [-0.05, 0) is 26.3 Å². The highest BCUT2D eigenvalue weighted by atomic mass is 35.5. The van der Waals surface area contributed by atoms with E-state index in [1.165, 1.54) is 0 Å². The number of nitrogens with zero attached hydrogens (tertiary/aromatic N) is 1. The van der Waals surface area contributed by atoms with Crippen LogP contribution in [0.15, 0.2) is 12.3 Å². The van der Waals surface area contributed by atoms with Crippen molar-refractivity contribution in [3.63, 3.8) is 0 Å². The number of hydrogen-bond acceptors (Lipinski definition) is 2. The first-order valence-corrected chi connectivity index (χ1v) is 6.06. The Morgan fingerprint density at radius 2 is 2.24 bits per heavy atom.